The molecule has 0 bridgehead atoms. The number of aromatic nitrogens is 1. The smallest absolute Gasteiger partial charge is 0.146 e. The number of rotatable bonds is 3. The minimum Gasteiger partial charge on any atom is -0.459 e. The molecule has 1 aromatic carbocycles. The lowest BCUT2D eigenvalue weighted by atomic mass is 10.1. The maximum atomic E-state index is 13.8. The molecule has 20 heavy (non-hydrogen) atoms. The number of hydrogen-bond donors (Lipinski definition) is 2. The van der Waals surface area contributed by atoms with E-state index in [1.54, 1.807) is 6.07 Å². The van der Waals surface area contributed by atoms with Crippen molar-refractivity contribution in [3.05, 3.63) is 65.7 Å². The van der Waals surface area contributed by atoms with Crippen molar-refractivity contribution in [2.45, 2.75) is 6.04 Å². The molecule has 0 saturated carbocycles. The van der Waals surface area contributed by atoms with Crippen molar-refractivity contribution >= 4 is 11.0 Å². The zero-order valence-corrected chi connectivity index (χ0v) is 10.3. The number of nitrogens with zero attached hydrogens (tertiary/aromatic N) is 1. The first-order valence-electron chi connectivity index (χ1n) is 5.93. The molecule has 6 heteroatoms. The predicted octanol–water partition coefficient (Wildman–Crippen LogP) is 2.66. The zero-order chi connectivity index (χ0) is 14.1. The molecule has 0 radical (unpaired) electrons. The van der Waals surface area contributed by atoms with Crippen molar-refractivity contribution in [1.82, 2.24) is 10.4 Å². The third-order valence-corrected chi connectivity index (χ3v) is 3.06. The van der Waals surface area contributed by atoms with Crippen LogP contribution in [-0.4, -0.2) is 4.98 Å². The van der Waals surface area contributed by atoms with E-state index in [1.807, 2.05) is 0 Å². The van der Waals surface area contributed by atoms with E-state index in [-0.39, 0.29) is 5.82 Å². The summed E-state index contributed by atoms with van der Waals surface area (Å²) < 4.78 is 32.5. The average Bonchev–Trinajstić information content (AvgIpc) is 2.84. The Morgan fingerprint density at radius 2 is 2.05 bits per heavy atom. The summed E-state index contributed by atoms with van der Waals surface area (Å²) in [5, 5.41) is 0.592. The molecule has 3 rings (SSSR count). The van der Waals surface area contributed by atoms with Crippen molar-refractivity contribution in [3.8, 4) is 0 Å². The molecule has 0 amide bonds. The van der Waals surface area contributed by atoms with Gasteiger partial charge in [0, 0.05) is 17.1 Å². The van der Waals surface area contributed by atoms with Crippen molar-refractivity contribution in [2.24, 2.45) is 5.84 Å². The molecule has 4 nitrogen and oxygen atoms in total. The molecule has 3 N–H and O–H groups in total. The second-order valence-corrected chi connectivity index (χ2v) is 4.33. The van der Waals surface area contributed by atoms with Crippen molar-refractivity contribution in [3.63, 3.8) is 0 Å². The number of halogens is 2. The zero-order valence-electron chi connectivity index (χ0n) is 10.3. The van der Waals surface area contributed by atoms with Gasteiger partial charge in [0.25, 0.3) is 0 Å². The van der Waals surface area contributed by atoms with Crippen LogP contribution in [0.2, 0.25) is 0 Å². The van der Waals surface area contributed by atoms with E-state index < -0.39 is 11.9 Å². The standard InChI is InChI=1S/C14H11F2N3O/c15-9-1-2-12-8(5-9)6-13(20-12)14(19-17)10-3-4-18-7-11(10)16/h1-7,14,19H,17H2. The molecule has 102 valence electrons. The summed E-state index contributed by atoms with van der Waals surface area (Å²) in [7, 11) is 0. The van der Waals surface area contributed by atoms with Gasteiger partial charge in [0.05, 0.1) is 6.20 Å². The first-order chi connectivity index (χ1) is 9.69. The minimum absolute atomic E-state index is 0.307. The highest BCUT2D eigenvalue weighted by molar-refractivity contribution is 5.78. The molecular weight excluding hydrogens is 264 g/mol. The number of nitrogens with two attached hydrogens (primary N) is 1. The summed E-state index contributed by atoms with van der Waals surface area (Å²) in [4.78, 5) is 3.69. The van der Waals surface area contributed by atoms with Gasteiger partial charge in [-0.05, 0) is 30.3 Å². The fraction of sp³-hybridized carbons (Fsp3) is 0.0714. The molecule has 0 fully saturated rings. The maximum Gasteiger partial charge on any atom is 0.146 e. The van der Waals surface area contributed by atoms with Crippen molar-refractivity contribution in [1.29, 1.82) is 0 Å². The van der Waals surface area contributed by atoms with Crippen LogP contribution in [0.15, 0.2) is 47.1 Å². The normalized spacial score (nSPS) is 12.8. The van der Waals surface area contributed by atoms with Crippen LogP contribution in [0.25, 0.3) is 11.0 Å². The largest absolute Gasteiger partial charge is 0.459 e. The molecule has 1 unspecified atom stereocenters. The van der Waals surface area contributed by atoms with Gasteiger partial charge in [-0.25, -0.2) is 14.2 Å². The van der Waals surface area contributed by atoms with E-state index in [9.17, 15) is 8.78 Å². The first kappa shape index (κ1) is 12.7. The number of hydrogen-bond acceptors (Lipinski definition) is 4. The van der Waals surface area contributed by atoms with Crippen LogP contribution in [0.5, 0.6) is 0 Å². The van der Waals surface area contributed by atoms with Crippen LogP contribution in [0.3, 0.4) is 0 Å². The van der Waals surface area contributed by atoms with Gasteiger partial charge < -0.3 is 4.42 Å². The lowest BCUT2D eigenvalue weighted by Gasteiger charge is -2.13. The minimum atomic E-state index is -0.673. The summed E-state index contributed by atoms with van der Waals surface area (Å²) in [6.45, 7) is 0. The molecular formula is C14H11F2N3O. The van der Waals surface area contributed by atoms with Gasteiger partial charge in [-0.1, -0.05) is 0 Å². The summed E-state index contributed by atoms with van der Waals surface area (Å²) in [5.41, 5.74) is 3.31. The second kappa shape index (κ2) is 4.99. The Morgan fingerprint density at radius 1 is 1.20 bits per heavy atom. The number of furan rings is 1. The fourth-order valence-electron chi connectivity index (χ4n) is 2.12. The van der Waals surface area contributed by atoms with Gasteiger partial charge in [0.1, 0.15) is 29.0 Å². The molecule has 0 aliphatic heterocycles. The van der Waals surface area contributed by atoms with Crippen LogP contribution in [0.1, 0.15) is 17.4 Å². The second-order valence-electron chi connectivity index (χ2n) is 4.33. The third-order valence-electron chi connectivity index (χ3n) is 3.06. The summed E-state index contributed by atoms with van der Waals surface area (Å²) in [6.07, 6.45) is 2.56. The van der Waals surface area contributed by atoms with E-state index in [4.69, 9.17) is 10.3 Å². The van der Waals surface area contributed by atoms with E-state index in [2.05, 4.69) is 10.4 Å². The maximum absolute atomic E-state index is 13.8. The highest BCUT2D eigenvalue weighted by Gasteiger charge is 2.20. The molecule has 2 aromatic heterocycles. The lowest BCUT2D eigenvalue weighted by Crippen LogP contribution is -2.29. The SMILES string of the molecule is NNC(c1cc2cc(F)ccc2o1)c1ccncc1F. The Labute approximate surface area is 113 Å². The van der Waals surface area contributed by atoms with Gasteiger partial charge in [-0.2, -0.15) is 0 Å². The predicted molar refractivity (Wildman–Crippen MR) is 69.5 cm³/mol. The van der Waals surface area contributed by atoms with Gasteiger partial charge >= 0.3 is 0 Å². The number of benzene rings is 1. The van der Waals surface area contributed by atoms with Gasteiger partial charge in [0.15, 0.2) is 0 Å². The number of hydrazine groups is 1. The van der Waals surface area contributed by atoms with E-state index in [0.717, 1.165) is 6.20 Å². The molecule has 2 heterocycles. The monoisotopic (exact) mass is 275 g/mol. The topological polar surface area (TPSA) is 64.1 Å². The summed E-state index contributed by atoms with van der Waals surface area (Å²) >= 11 is 0. The number of nitrogens with one attached hydrogen (secondary N) is 1. The Bertz CT molecular complexity index is 757. The molecule has 0 aliphatic carbocycles. The van der Waals surface area contributed by atoms with Crippen molar-refractivity contribution < 1.29 is 13.2 Å². The highest BCUT2D eigenvalue weighted by Crippen LogP contribution is 2.29. The van der Waals surface area contributed by atoms with Crippen LogP contribution >= 0.6 is 0 Å². The van der Waals surface area contributed by atoms with Crippen LogP contribution in [0, 0.1) is 11.6 Å². The van der Waals surface area contributed by atoms with E-state index in [1.165, 1.54) is 30.5 Å². The van der Waals surface area contributed by atoms with Gasteiger partial charge in [-0.15, -0.1) is 0 Å². The Balaban J connectivity index is 2.10. The van der Waals surface area contributed by atoms with E-state index >= 15 is 0 Å². The summed E-state index contributed by atoms with van der Waals surface area (Å²) in [6, 6.07) is 6.63. The summed E-state index contributed by atoms with van der Waals surface area (Å²) in [5.74, 6) is 5.03. The Morgan fingerprint density at radius 3 is 2.80 bits per heavy atom. The third kappa shape index (κ3) is 2.15. The number of pyridine rings is 1. The molecule has 3 aromatic rings. The Kier molecular flexibility index (Phi) is 3.17. The number of fused-ring (bicyclic) bond motifs is 1. The van der Waals surface area contributed by atoms with Gasteiger partial charge in [0.2, 0.25) is 0 Å². The highest BCUT2D eigenvalue weighted by atomic mass is 19.1. The van der Waals surface area contributed by atoms with Crippen LogP contribution in [-0.2, 0) is 0 Å². The van der Waals surface area contributed by atoms with Crippen molar-refractivity contribution in [2.75, 3.05) is 0 Å². The molecule has 0 spiro atoms. The molecule has 0 saturated heterocycles. The Hall–Kier alpha value is -2.31. The lowest BCUT2D eigenvalue weighted by molar-refractivity contribution is 0.461. The first-order valence-corrected chi connectivity index (χ1v) is 5.93. The van der Waals surface area contributed by atoms with Crippen LogP contribution < -0.4 is 11.3 Å². The molecule has 0 aliphatic rings. The van der Waals surface area contributed by atoms with Crippen LogP contribution in [0.4, 0.5) is 8.78 Å². The molecule has 1 atom stereocenters. The van der Waals surface area contributed by atoms with Gasteiger partial charge in [-0.3, -0.25) is 10.8 Å². The van der Waals surface area contributed by atoms with E-state index in [0.29, 0.717) is 22.3 Å². The fourth-order valence-corrected chi connectivity index (χ4v) is 2.12. The average molecular weight is 275 g/mol. The quantitative estimate of drug-likeness (QED) is 0.569.